The Kier molecular flexibility index (Phi) is 5.26. The molecule has 1 atom stereocenters. The SMILES string of the molecule is CC(C)C(NC(=O)c1cc2c(cc1Br)OCCCO2)c1nc2ccccc2[nH]1. The fourth-order valence-corrected chi connectivity index (χ4v) is 3.75. The van der Waals surface area contributed by atoms with E-state index >= 15 is 0 Å². The largest absolute Gasteiger partial charge is 0.490 e. The van der Waals surface area contributed by atoms with Gasteiger partial charge in [0.1, 0.15) is 5.82 Å². The fourth-order valence-electron chi connectivity index (χ4n) is 3.25. The first-order chi connectivity index (χ1) is 13.5. The van der Waals surface area contributed by atoms with Crippen molar-refractivity contribution in [2.24, 2.45) is 5.92 Å². The van der Waals surface area contributed by atoms with Gasteiger partial charge in [-0.15, -0.1) is 0 Å². The zero-order valence-corrected chi connectivity index (χ0v) is 17.4. The smallest absolute Gasteiger partial charge is 0.253 e. The minimum atomic E-state index is -0.247. The van der Waals surface area contributed by atoms with E-state index in [1.807, 2.05) is 24.3 Å². The molecule has 1 unspecified atom stereocenters. The summed E-state index contributed by atoms with van der Waals surface area (Å²) in [5, 5.41) is 3.11. The predicted molar refractivity (Wildman–Crippen MR) is 111 cm³/mol. The van der Waals surface area contributed by atoms with Crippen molar-refractivity contribution in [1.29, 1.82) is 0 Å². The second kappa shape index (κ2) is 7.83. The third-order valence-electron chi connectivity index (χ3n) is 4.74. The van der Waals surface area contributed by atoms with Crippen LogP contribution in [0.3, 0.4) is 0 Å². The Morgan fingerprint density at radius 1 is 1.18 bits per heavy atom. The Labute approximate surface area is 171 Å². The van der Waals surface area contributed by atoms with Gasteiger partial charge in [0.15, 0.2) is 11.5 Å². The van der Waals surface area contributed by atoms with Gasteiger partial charge in [0.05, 0.1) is 35.9 Å². The number of para-hydroxylation sites is 2. The van der Waals surface area contributed by atoms with Gasteiger partial charge >= 0.3 is 0 Å². The normalized spacial score (nSPS) is 14.7. The van der Waals surface area contributed by atoms with E-state index in [1.165, 1.54) is 0 Å². The van der Waals surface area contributed by atoms with Gasteiger partial charge in [-0.05, 0) is 46.1 Å². The lowest BCUT2D eigenvalue weighted by Gasteiger charge is -2.21. The molecule has 0 fully saturated rings. The van der Waals surface area contributed by atoms with Crippen LogP contribution in [0.15, 0.2) is 40.9 Å². The second-order valence-corrected chi connectivity index (χ2v) is 8.02. The molecule has 146 valence electrons. The molecule has 0 saturated heterocycles. The molecule has 0 saturated carbocycles. The molecule has 4 rings (SSSR count). The molecular weight excluding hydrogens is 422 g/mol. The van der Waals surface area contributed by atoms with Crippen LogP contribution in [0.4, 0.5) is 0 Å². The predicted octanol–water partition coefficient (Wildman–Crippen LogP) is 4.61. The highest BCUT2D eigenvalue weighted by atomic mass is 79.9. The van der Waals surface area contributed by atoms with Gasteiger partial charge in [-0.2, -0.15) is 0 Å². The first-order valence-electron chi connectivity index (χ1n) is 9.37. The molecule has 2 aromatic carbocycles. The van der Waals surface area contributed by atoms with Crippen LogP contribution in [0.25, 0.3) is 11.0 Å². The van der Waals surface area contributed by atoms with Crippen LogP contribution in [0.5, 0.6) is 11.5 Å². The summed E-state index contributed by atoms with van der Waals surface area (Å²) in [5.41, 5.74) is 2.34. The number of carbonyl (C=O) groups excluding carboxylic acids is 1. The number of nitrogens with one attached hydrogen (secondary N) is 2. The number of hydrogen-bond acceptors (Lipinski definition) is 4. The van der Waals surface area contributed by atoms with Crippen molar-refractivity contribution in [1.82, 2.24) is 15.3 Å². The summed E-state index contributed by atoms with van der Waals surface area (Å²) in [6.07, 6.45) is 0.815. The highest BCUT2D eigenvalue weighted by Gasteiger charge is 2.25. The van der Waals surface area contributed by atoms with E-state index in [4.69, 9.17) is 9.47 Å². The van der Waals surface area contributed by atoms with Gasteiger partial charge in [-0.25, -0.2) is 4.98 Å². The highest BCUT2D eigenvalue weighted by molar-refractivity contribution is 9.10. The number of halogens is 1. The molecule has 0 spiro atoms. The van der Waals surface area contributed by atoms with E-state index in [9.17, 15) is 4.79 Å². The van der Waals surface area contributed by atoms with E-state index in [2.05, 4.69) is 45.1 Å². The van der Waals surface area contributed by atoms with E-state index in [-0.39, 0.29) is 17.9 Å². The van der Waals surface area contributed by atoms with Gasteiger partial charge in [0, 0.05) is 10.9 Å². The Morgan fingerprint density at radius 2 is 1.89 bits per heavy atom. The molecule has 2 heterocycles. The van der Waals surface area contributed by atoms with Crippen molar-refractivity contribution in [3.8, 4) is 11.5 Å². The zero-order valence-electron chi connectivity index (χ0n) is 15.8. The maximum Gasteiger partial charge on any atom is 0.253 e. The Balaban J connectivity index is 1.62. The molecule has 0 bridgehead atoms. The van der Waals surface area contributed by atoms with Crippen molar-refractivity contribution in [3.63, 3.8) is 0 Å². The van der Waals surface area contributed by atoms with E-state index in [0.29, 0.717) is 34.7 Å². The summed E-state index contributed by atoms with van der Waals surface area (Å²) in [4.78, 5) is 21.0. The minimum absolute atomic E-state index is 0.156. The average molecular weight is 444 g/mol. The van der Waals surface area contributed by atoms with E-state index < -0.39 is 0 Å². The third kappa shape index (κ3) is 3.71. The third-order valence-corrected chi connectivity index (χ3v) is 5.39. The van der Waals surface area contributed by atoms with Gasteiger partial charge in [-0.3, -0.25) is 4.79 Å². The van der Waals surface area contributed by atoms with E-state index in [0.717, 1.165) is 23.3 Å². The summed E-state index contributed by atoms with van der Waals surface area (Å²) < 4.78 is 12.1. The van der Waals surface area contributed by atoms with Crippen molar-refractivity contribution in [2.75, 3.05) is 13.2 Å². The number of benzene rings is 2. The number of ether oxygens (including phenoxy) is 2. The molecule has 0 aliphatic carbocycles. The zero-order chi connectivity index (χ0) is 19.7. The number of rotatable bonds is 4. The van der Waals surface area contributed by atoms with Crippen LogP contribution in [-0.4, -0.2) is 29.1 Å². The first kappa shape index (κ1) is 18.8. The Bertz CT molecular complexity index is 982. The molecule has 3 aromatic rings. The molecule has 2 N–H and O–H groups in total. The maximum atomic E-state index is 13.1. The van der Waals surface area contributed by atoms with Crippen LogP contribution in [0.1, 0.15) is 42.5 Å². The Morgan fingerprint density at radius 3 is 2.61 bits per heavy atom. The van der Waals surface area contributed by atoms with Crippen LogP contribution < -0.4 is 14.8 Å². The van der Waals surface area contributed by atoms with Gasteiger partial charge in [0.25, 0.3) is 5.91 Å². The lowest BCUT2D eigenvalue weighted by atomic mass is 10.0. The molecule has 1 aliphatic rings. The fraction of sp³-hybridized carbons (Fsp3) is 0.333. The molecule has 1 aliphatic heterocycles. The van der Waals surface area contributed by atoms with Gasteiger partial charge < -0.3 is 19.8 Å². The van der Waals surface area contributed by atoms with Crippen molar-refractivity contribution in [2.45, 2.75) is 26.3 Å². The summed E-state index contributed by atoms with van der Waals surface area (Å²) in [7, 11) is 0. The van der Waals surface area contributed by atoms with Crippen LogP contribution in [0.2, 0.25) is 0 Å². The molecule has 0 radical (unpaired) electrons. The lowest BCUT2D eigenvalue weighted by molar-refractivity contribution is 0.0922. The van der Waals surface area contributed by atoms with Crippen LogP contribution in [0, 0.1) is 5.92 Å². The van der Waals surface area contributed by atoms with Crippen molar-refractivity contribution >= 4 is 32.9 Å². The van der Waals surface area contributed by atoms with Crippen LogP contribution in [-0.2, 0) is 0 Å². The second-order valence-electron chi connectivity index (χ2n) is 7.16. The Hall–Kier alpha value is -2.54. The number of fused-ring (bicyclic) bond motifs is 2. The van der Waals surface area contributed by atoms with Crippen molar-refractivity contribution < 1.29 is 14.3 Å². The topological polar surface area (TPSA) is 76.2 Å². The first-order valence-corrected chi connectivity index (χ1v) is 10.2. The van der Waals surface area contributed by atoms with Gasteiger partial charge in [0.2, 0.25) is 0 Å². The summed E-state index contributed by atoms with van der Waals surface area (Å²) in [6, 6.07) is 11.1. The minimum Gasteiger partial charge on any atom is -0.490 e. The summed E-state index contributed by atoms with van der Waals surface area (Å²) in [6.45, 7) is 5.29. The van der Waals surface area contributed by atoms with Crippen LogP contribution >= 0.6 is 15.9 Å². The number of aromatic nitrogens is 2. The van der Waals surface area contributed by atoms with E-state index in [1.54, 1.807) is 12.1 Å². The molecule has 6 nitrogen and oxygen atoms in total. The number of nitrogens with zero attached hydrogens (tertiary/aromatic N) is 1. The molecule has 1 aromatic heterocycles. The molecular formula is C21H22BrN3O3. The number of amides is 1. The van der Waals surface area contributed by atoms with Gasteiger partial charge in [-0.1, -0.05) is 26.0 Å². The number of carbonyl (C=O) groups is 1. The van der Waals surface area contributed by atoms with Crippen molar-refractivity contribution in [3.05, 3.63) is 52.3 Å². The summed E-state index contributed by atoms with van der Waals surface area (Å²) in [5.74, 6) is 1.95. The maximum absolute atomic E-state index is 13.1. The number of hydrogen-bond donors (Lipinski definition) is 2. The molecule has 1 amide bonds. The molecule has 7 heteroatoms. The quantitative estimate of drug-likeness (QED) is 0.616. The number of aromatic amines is 1. The standard InChI is InChI=1S/C21H22BrN3O3/c1-12(2)19(20-23-15-6-3-4-7-16(15)24-20)25-21(26)13-10-17-18(11-14(13)22)28-9-5-8-27-17/h3-4,6-7,10-12,19H,5,8-9H2,1-2H3,(H,23,24)(H,25,26). The average Bonchev–Trinajstić information content (AvgIpc) is 2.97. The highest BCUT2D eigenvalue weighted by Crippen LogP contribution is 2.35. The number of H-pyrrole nitrogens is 1. The summed E-state index contributed by atoms with van der Waals surface area (Å²) >= 11 is 3.49. The monoisotopic (exact) mass is 443 g/mol. The number of imidazole rings is 1. The molecule has 28 heavy (non-hydrogen) atoms. The lowest BCUT2D eigenvalue weighted by Crippen LogP contribution is -2.32.